The highest BCUT2D eigenvalue weighted by Crippen LogP contribution is 2.22. The van der Waals surface area contributed by atoms with E-state index in [1.54, 1.807) is 4.90 Å². The lowest BCUT2D eigenvalue weighted by molar-refractivity contribution is -0.132. The van der Waals surface area contributed by atoms with Gasteiger partial charge in [0.2, 0.25) is 0 Å². The number of rotatable bonds is 0. The molecule has 0 spiro atoms. The summed E-state index contributed by atoms with van der Waals surface area (Å²) in [6.45, 7) is 7.87. The fraction of sp³-hybridized carbons (Fsp3) is 0.833. The lowest BCUT2D eigenvalue weighted by atomic mass is 9.84. The van der Waals surface area contributed by atoms with Crippen LogP contribution in [0.5, 0.6) is 0 Å². The molecular formula is C12H20N2O3. The average molecular weight is 240 g/mol. The molecule has 0 aliphatic carbocycles. The Morgan fingerprint density at radius 1 is 1.29 bits per heavy atom. The lowest BCUT2D eigenvalue weighted by Crippen LogP contribution is -2.58. The minimum absolute atomic E-state index is 0.0602. The number of hydrogen-bond donors (Lipinski definition) is 1. The average Bonchev–Trinajstić information content (AvgIpc) is 2.13. The van der Waals surface area contributed by atoms with Gasteiger partial charge in [-0.1, -0.05) is 0 Å². The topological polar surface area (TPSA) is 58.6 Å². The van der Waals surface area contributed by atoms with Gasteiger partial charge < -0.3 is 15.0 Å². The van der Waals surface area contributed by atoms with Crippen LogP contribution in [0.2, 0.25) is 0 Å². The predicted molar refractivity (Wildman–Crippen MR) is 62.7 cm³/mol. The minimum Gasteiger partial charge on any atom is -0.444 e. The van der Waals surface area contributed by atoms with Gasteiger partial charge in [-0.3, -0.25) is 4.79 Å². The van der Waals surface area contributed by atoms with Crippen molar-refractivity contribution >= 4 is 11.9 Å². The lowest BCUT2D eigenvalue weighted by Gasteiger charge is -2.40. The van der Waals surface area contributed by atoms with Crippen molar-refractivity contribution in [3.8, 4) is 0 Å². The molecule has 5 heteroatoms. The number of Topliss-reactive ketones (excluding diaryl/α,β-unsaturated/α-hetero) is 1. The molecule has 96 valence electrons. The second kappa shape index (κ2) is 4.29. The van der Waals surface area contributed by atoms with Crippen molar-refractivity contribution in [2.45, 2.75) is 26.4 Å². The van der Waals surface area contributed by atoms with Crippen LogP contribution in [0.3, 0.4) is 0 Å². The molecule has 17 heavy (non-hydrogen) atoms. The summed E-state index contributed by atoms with van der Waals surface area (Å²) < 4.78 is 5.33. The van der Waals surface area contributed by atoms with E-state index >= 15 is 0 Å². The molecule has 2 aliphatic heterocycles. The molecule has 0 aromatic rings. The number of likely N-dealkylation sites (tertiary alicyclic amines) is 1. The van der Waals surface area contributed by atoms with E-state index in [9.17, 15) is 9.59 Å². The largest absolute Gasteiger partial charge is 0.444 e. The van der Waals surface area contributed by atoms with E-state index in [-0.39, 0.29) is 17.9 Å². The van der Waals surface area contributed by atoms with Gasteiger partial charge in [0.05, 0.1) is 0 Å². The van der Waals surface area contributed by atoms with Gasteiger partial charge in [-0.15, -0.1) is 0 Å². The quantitative estimate of drug-likeness (QED) is 0.675. The Kier molecular flexibility index (Phi) is 3.12. The molecule has 2 saturated heterocycles. The van der Waals surface area contributed by atoms with Gasteiger partial charge in [-0.05, 0) is 20.8 Å². The number of fused-ring (bicyclic) bond motifs is 2. The molecule has 0 aromatic heterocycles. The minimum atomic E-state index is -0.480. The van der Waals surface area contributed by atoms with Crippen LogP contribution in [0.15, 0.2) is 0 Å². The van der Waals surface area contributed by atoms with Crippen LogP contribution in [0.4, 0.5) is 4.79 Å². The molecule has 0 aromatic carbocycles. The van der Waals surface area contributed by atoms with Crippen molar-refractivity contribution in [3.05, 3.63) is 0 Å². The molecule has 2 fully saturated rings. The van der Waals surface area contributed by atoms with E-state index in [1.807, 2.05) is 20.8 Å². The molecule has 0 unspecified atom stereocenters. The molecule has 2 heterocycles. The normalized spacial score (nSPS) is 29.1. The van der Waals surface area contributed by atoms with Crippen molar-refractivity contribution in [3.63, 3.8) is 0 Å². The van der Waals surface area contributed by atoms with Crippen LogP contribution in [0.25, 0.3) is 0 Å². The molecule has 1 N–H and O–H groups in total. The Labute approximate surface area is 101 Å². The van der Waals surface area contributed by atoms with E-state index in [1.165, 1.54) is 0 Å². The first-order valence-corrected chi connectivity index (χ1v) is 6.09. The summed E-state index contributed by atoms with van der Waals surface area (Å²) >= 11 is 0. The van der Waals surface area contributed by atoms with Gasteiger partial charge in [0.15, 0.2) is 0 Å². The van der Waals surface area contributed by atoms with Crippen LogP contribution in [0, 0.1) is 11.8 Å². The number of carbonyl (C=O) groups is 2. The second-order valence-corrected chi connectivity index (χ2v) is 5.84. The van der Waals surface area contributed by atoms with Crippen molar-refractivity contribution in [2.24, 2.45) is 11.8 Å². The molecule has 5 nitrogen and oxygen atoms in total. The SMILES string of the molecule is CC(C)(C)OC(=O)N1C[C@H]2CNC[C@@H](C1)C2=O. The molecule has 1 amide bonds. The fourth-order valence-electron chi connectivity index (χ4n) is 2.36. The summed E-state index contributed by atoms with van der Waals surface area (Å²) in [6.07, 6.45) is -0.304. The Balaban J connectivity index is 2.00. The highest BCUT2D eigenvalue weighted by molar-refractivity contribution is 5.87. The third-order valence-corrected chi connectivity index (χ3v) is 3.12. The number of carbonyl (C=O) groups excluding carboxylic acids is 2. The Hall–Kier alpha value is -1.10. The molecular weight excluding hydrogens is 220 g/mol. The summed E-state index contributed by atoms with van der Waals surface area (Å²) in [7, 11) is 0. The van der Waals surface area contributed by atoms with Gasteiger partial charge in [-0.25, -0.2) is 4.79 Å². The van der Waals surface area contributed by atoms with Crippen LogP contribution in [0.1, 0.15) is 20.8 Å². The molecule has 2 bridgehead atoms. The van der Waals surface area contributed by atoms with Gasteiger partial charge in [0.1, 0.15) is 11.4 Å². The number of amides is 1. The zero-order valence-electron chi connectivity index (χ0n) is 10.7. The Bertz CT molecular complexity index is 319. The highest BCUT2D eigenvalue weighted by Gasteiger charge is 2.40. The molecule has 2 rings (SSSR count). The number of nitrogens with zero attached hydrogens (tertiary/aromatic N) is 1. The van der Waals surface area contributed by atoms with Gasteiger partial charge in [-0.2, -0.15) is 0 Å². The molecule has 2 atom stereocenters. The van der Waals surface area contributed by atoms with Crippen molar-refractivity contribution in [1.82, 2.24) is 10.2 Å². The van der Waals surface area contributed by atoms with E-state index in [0.29, 0.717) is 32.0 Å². The summed E-state index contributed by atoms with van der Waals surface area (Å²) in [5.74, 6) is 0.175. The fourth-order valence-corrected chi connectivity index (χ4v) is 2.36. The summed E-state index contributed by atoms with van der Waals surface area (Å²) in [6, 6.07) is 0. The van der Waals surface area contributed by atoms with Crippen LogP contribution >= 0.6 is 0 Å². The maximum absolute atomic E-state index is 11.9. The highest BCUT2D eigenvalue weighted by atomic mass is 16.6. The molecule has 0 saturated carbocycles. The van der Waals surface area contributed by atoms with E-state index in [4.69, 9.17) is 4.74 Å². The van der Waals surface area contributed by atoms with Crippen LogP contribution in [-0.4, -0.2) is 48.6 Å². The van der Waals surface area contributed by atoms with Crippen molar-refractivity contribution in [1.29, 1.82) is 0 Å². The zero-order chi connectivity index (χ0) is 12.6. The Morgan fingerprint density at radius 3 is 2.29 bits per heavy atom. The van der Waals surface area contributed by atoms with Crippen molar-refractivity contribution < 1.29 is 14.3 Å². The van der Waals surface area contributed by atoms with Crippen molar-refractivity contribution in [2.75, 3.05) is 26.2 Å². The Morgan fingerprint density at radius 2 is 1.82 bits per heavy atom. The first-order chi connectivity index (χ1) is 7.87. The summed E-state index contributed by atoms with van der Waals surface area (Å²) in [4.78, 5) is 25.4. The third-order valence-electron chi connectivity index (χ3n) is 3.12. The zero-order valence-corrected chi connectivity index (χ0v) is 10.7. The number of ether oxygens (including phenoxy) is 1. The van der Waals surface area contributed by atoms with Gasteiger partial charge in [0.25, 0.3) is 0 Å². The van der Waals surface area contributed by atoms with Gasteiger partial charge in [0, 0.05) is 38.0 Å². The van der Waals surface area contributed by atoms with Gasteiger partial charge >= 0.3 is 6.09 Å². The maximum Gasteiger partial charge on any atom is 0.410 e. The summed E-state index contributed by atoms with van der Waals surface area (Å²) in [5, 5.41) is 3.23. The van der Waals surface area contributed by atoms with E-state index in [2.05, 4.69) is 5.32 Å². The van der Waals surface area contributed by atoms with Crippen LogP contribution in [-0.2, 0) is 9.53 Å². The number of ketones is 1. The van der Waals surface area contributed by atoms with E-state index in [0.717, 1.165) is 0 Å². The number of hydrogen-bond acceptors (Lipinski definition) is 4. The first kappa shape index (κ1) is 12.4. The maximum atomic E-state index is 11.9. The van der Waals surface area contributed by atoms with E-state index < -0.39 is 5.60 Å². The first-order valence-electron chi connectivity index (χ1n) is 6.09. The smallest absolute Gasteiger partial charge is 0.410 e. The summed E-state index contributed by atoms with van der Waals surface area (Å²) in [5.41, 5.74) is -0.480. The standard InChI is InChI=1S/C12H20N2O3/c1-12(2,3)17-11(16)14-6-8-4-13-5-9(7-14)10(8)15/h8-9,13H,4-7H2,1-3H3/t8-,9+. The number of nitrogens with one attached hydrogen (secondary N) is 1. The molecule has 2 aliphatic rings. The molecule has 0 radical (unpaired) electrons. The number of piperidine rings is 2. The monoisotopic (exact) mass is 240 g/mol. The third kappa shape index (κ3) is 2.77. The van der Waals surface area contributed by atoms with Crippen LogP contribution < -0.4 is 5.32 Å². The predicted octanol–water partition coefficient (Wildman–Crippen LogP) is 0.642. The second-order valence-electron chi connectivity index (χ2n) is 5.84.